The van der Waals surface area contributed by atoms with E-state index in [1.807, 2.05) is 31.7 Å². The van der Waals surface area contributed by atoms with E-state index in [1.165, 1.54) is 17.4 Å². The van der Waals surface area contributed by atoms with Gasteiger partial charge in [0.25, 0.3) is 5.56 Å². The average molecular weight is 483 g/mol. The number of anilines is 1. The van der Waals surface area contributed by atoms with Crippen molar-refractivity contribution in [1.82, 2.24) is 24.1 Å². The van der Waals surface area contributed by atoms with Crippen molar-refractivity contribution in [2.45, 2.75) is 33.2 Å². The fraction of sp³-hybridized carbons (Fsp3) is 0.417. The zero-order valence-electron chi connectivity index (χ0n) is 19.3. The van der Waals surface area contributed by atoms with Crippen LogP contribution in [0, 0.1) is 11.7 Å². The number of rotatable bonds is 6. The molecule has 4 heterocycles. The molecule has 1 fully saturated rings. The molecule has 34 heavy (non-hydrogen) atoms. The molecule has 0 saturated carbocycles. The van der Waals surface area contributed by atoms with Crippen molar-refractivity contribution in [2.24, 2.45) is 5.92 Å². The Morgan fingerprint density at radius 3 is 2.62 bits per heavy atom. The summed E-state index contributed by atoms with van der Waals surface area (Å²) in [6, 6.07) is 8.64. The Balaban J connectivity index is 1.31. The summed E-state index contributed by atoms with van der Waals surface area (Å²) in [6.07, 6.45) is 0.730. The second-order valence-electron chi connectivity index (χ2n) is 9.02. The number of para-hydroxylation sites is 1. The smallest absolute Gasteiger partial charge is 0.272 e. The van der Waals surface area contributed by atoms with Gasteiger partial charge in [0.15, 0.2) is 0 Å². The van der Waals surface area contributed by atoms with E-state index in [1.54, 1.807) is 16.7 Å². The van der Waals surface area contributed by atoms with Crippen LogP contribution in [0.3, 0.4) is 0 Å². The van der Waals surface area contributed by atoms with Gasteiger partial charge in [0.1, 0.15) is 16.3 Å². The number of thiophene rings is 1. The first-order chi connectivity index (χ1) is 16.4. The number of amides is 1. The van der Waals surface area contributed by atoms with Crippen LogP contribution in [0.2, 0.25) is 0 Å². The standard InChI is InChI=1S/C24H27FN6O2S/c1-16(2)15-30-23(33)22-19(9-14-34-22)31-20(26-27-24(30)31)7-8-21(32)29-12-10-28(11-13-29)18-6-4-3-5-17(18)25/h3-6,9,14,16H,7-8,10-13,15H2,1-2H3. The van der Waals surface area contributed by atoms with Crippen LogP contribution in [-0.2, 0) is 17.8 Å². The summed E-state index contributed by atoms with van der Waals surface area (Å²) in [5, 5.41) is 10.6. The third-order valence-corrected chi connectivity index (χ3v) is 7.11. The maximum atomic E-state index is 14.1. The summed E-state index contributed by atoms with van der Waals surface area (Å²) in [7, 11) is 0. The molecule has 4 aromatic rings. The number of halogens is 1. The lowest BCUT2D eigenvalue weighted by Crippen LogP contribution is -2.49. The minimum atomic E-state index is -0.239. The number of carbonyl (C=O) groups excluding carboxylic acids is 1. The van der Waals surface area contributed by atoms with E-state index in [0.29, 0.717) is 67.6 Å². The Morgan fingerprint density at radius 2 is 1.88 bits per heavy atom. The zero-order chi connectivity index (χ0) is 23.8. The fourth-order valence-corrected chi connectivity index (χ4v) is 5.38. The highest BCUT2D eigenvalue weighted by atomic mass is 32.1. The van der Waals surface area contributed by atoms with Crippen molar-refractivity contribution in [3.63, 3.8) is 0 Å². The highest BCUT2D eigenvalue weighted by Gasteiger charge is 2.24. The highest BCUT2D eigenvalue weighted by Crippen LogP contribution is 2.22. The van der Waals surface area contributed by atoms with Crippen LogP contribution in [0.5, 0.6) is 0 Å². The molecule has 0 atom stereocenters. The molecule has 1 saturated heterocycles. The van der Waals surface area contributed by atoms with Crippen LogP contribution >= 0.6 is 11.3 Å². The maximum Gasteiger partial charge on any atom is 0.272 e. The maximum absolute atomic E-state index is 14.1. The second-order valence-corrected chi connectivity index (χ2v) is 9.93. The minimum Gasteiger partial charge on any atom is -0.366 e. The van der Waals surface area contributed by atoms with Crippen molar-refractivity contribution in [1.29, 1.82) is 0 Å². The molecule has 0 spiro atoms. The van der Waals surface area contributed by atoms with Gasteiger partial charge < -0.3 is 9.80 Å². The summed E-state index contributed by atoms with van der Waals surface area (Å²) in [4.78, 5) is 29.7. The lowest BCUT2D eigenvalue weighted by Gasteiger charge is -2.36. The summed E-state index contributed by atoms with van der Waals surface area (Å²) in [5.74, 6) is 1.28. The number of benzene rings is 1. The van der Waals surface area contributed by atoms with Crippen molar-refractivity contribution >= 4 is 38.9 Å². The van der Waals surface area contributed by atoms with Gasteiger partial charge in [-0.2, -0.15) is 0 Å². The molecule has 3 aromatic heterocycles. The van der Waals surface area contributed by atoms with Crippen LogP contribution < -0.4 is 10.5 Å². The van der Waals surface area contributed by atoms with E-state index < -0.39 is 0 Å². The Labute approximate surface area is 200 Å². The Kier molecular flexibility index (Phi) is 6.07. The van der Waals surface area contributed by atoms with Gasteiger partial charge in [-0.25, -0.2) is 4.39 Å². The van der Waals surface area contributed by atoms with Crippen molar-refractivity contribution in [3.8, 4) is 0 Å². The molecule has 0 unspecified atom stereocenters. The normalized spacial score (nSPS) is 14.6. The van der Waals surface area contributed by atoms with E-state index in [-0.39, 0.29) is 23.2 Å². The van der Waals surface area contributed by atoms with E-state index in [0.717, 1.165) is 5.52 Å². The monoisotopic (exact) mass is 482 g/mol. The quantitative estimate of drug-likeness (QED) is 0.422. The first-order valence-electron chi connectivity index (χ1n) is 11.6. The minimum absolute atomic E-state index is 0.0435. The van der Waals surface area contributed by atoms with E-state index in [4.69, 9.17) is 0 Å². The summed E-state index contributed by atoms with van der Waals surface area (Å²) in [6.45, 7) is 6.97. The number of hydrogen-bond acceptors (Lipinski definition) is 6. The molecule has 5 rings (SSSR count). The molecule has 0 bridgehead atoms. The fourth-order valence-electron chi connectivity index (χ4n) is 4.55. The molecule has 8 nitrogen and oxygen atoms in total. The van der Waals surface area contributed by atoms with E-state index in [9.17, 15) is 14.0 Å². The summed E-state index contributed by atoms with van der Waals surface area (Å²) >= 11 is 1.41. The molecular formula is C24H27FN6O2S. The number of aromatic nitrogens is 4. The number of nitrogens with zero attached hydrogens (tertiary/aromatic N) is 6. The van der Waals surface area contributed by atoms with Crippen molar-refractivity contribution in [3.05, 3.63) is 57.7 Å². The largest absolute Gasteiger partial charge is 0.366 e. The van der Waals surface area contributed by atoms with Gasteiger partial charge in [0, 0.05) is 45.6 Å². The van der Waals surface area contributed by atoms with Crippen molar-refractivity contribution < 1.29 is 9.18 Å². The molecule has 0 N–H and O–H groups in total. The van der Waals surface area contributed by atoms with Gasteiger partial charge in [-0.1, -0.05) is 26.0 Å². The predicted molar refractivity (Wildman–Crippen MR) is 131 cm³/mol. The Morgan fingerprint density at radius 1 is 1.12 bits per heavy atom. The number of aryl methyl sites for hydroxylation is 1. The van der Waals surface area contributed by atoms with E-state index >= 15 is 0 Å². The van der Waals surface area contributed by atoms with Crippen LogP contribution in [0.15, 0.2) is 40.5 Å². The molecule has 1 amide bonds. The van der Waals surface area contributed by atoms with Gasteiger partial charge in [0.05, 0.1) is 11.2 Å². The molecular weight excluding hydrogens is 455 g/mol. The molecule has 178 valence electrons. The topological polar surface area (TPSA) is 75.7 Å². The average Bonchev–Trinajstić information content (AvgIpc) is 3.48. The molecule has 1 aromatic carbocycles. The summed E-state index contributed by atoms with van der Waals surface area (Å²) < 4.78 is 18.4. The van der Waals surface area contributed by atoms with Gasteiger partial charge in [-0.05, 0) is 29.5 Å². The molecule has 0 radical (unpaired) electrons. The van der Waals surface area contributed by atoms with Crippen LogP contribution in [0.25, 0.3) is 16.0 Å². The van der Waals surface area contributed by atoms with Gasteiger partial charge in [-0.3, -0.25) is 18.6 Å². The summed E-state index contributed by atoms with van der Waals surface area (Å²) in [5.41, 5.74) is 1.32. The SMILES string of the molecule is CC(C)Cn1c(=O)c2sccc2n2c(CCC(=O)N3CCN(c4ccccc4F)CC3)nnc12. The van der Waals surface area contributed by atoms with Crippen LogP contribution in [0.1, 0.15) is 26.1 Å². The van der Waals surface area contributed by atoms with Gasteiger partial charge >= 0.3 is 0 Å². The first kappa shape index (κ1) is 22.5. The molecule has 0 aliphatic carbocycles. The van der Waals surface area contributed by atoms with Gasteiger partial charge in [-0.15, -0.1) is 21.5 Å². The third kappa shape index (κ3) is 4.06. The lowest BCUT2D eigenvalue weighted by atomic mass is 10.2. The van der Waals surface area contributed by atoms with Gasteiger partial charge in [0.2, 0.25) is 11.7 Å². The number of carbonyl (C=O) groups is 1. The molecule has 1 aliphatic heterocycles. The number of hydrogen-bond donors (Lipinski definition) is 0. The lowest BCUT2D eigenvalue weighted by molar-refractivity contribution is -0.131. The van der Waals surface area contributed by atoms with Crippen LogP contribution in [0.4, 0.5) is 10.1 Å². The van der Waals surface area contributed by atoms with E-state index in [2.05, 4.69) is 24.0 Å². The molecule has 1 aliphatic rings. The number of fused-ring (bicyclic) bond motifs is 3. The van der Waals surface area contributed by atoms with Crippen LogP contribution in [-0.4, -0.2) is 56.2 Å². The highest BCUT2D eigenvalue weighted by molar-refractivity contribution is 7.17. The first-order valence-corrected chi connectivity index (χ1v) is 12.4. The zero-order valence-corrected chi connectivity index (χ0v) is 20.1. The Bertz CT molecular complexity index is 1400. The predicted octanol–water partition coefficient (Wildman–Crippen LogP) is 3.18. The van der Waals surface area contributed by atoms with Crippen molar-refractivity contribution in [2.75, 3.05) is 31.1 Å². The number of piperazine rings is 1. The third-order valence-electron chi connectivity index (χ3n) is 6.21. The molecule has 10 heteroatoms. The Hall–Kier alpha value is -3.27. The second kappa shape index (κ2) is 9.17.